The number of nitrogens with one attached hydrogen (secondary N) is 1. The van der Waals surface area contributed by atoms with E-state index in [1.165, 1.54) is 0 Å². The van der Waals surface area contributed by atoms with Gasteiger partial charge in [0.2, 0.25) is 0 Å². The molecule has 0 aliphatic carbocycles. The van der Waals surface area contributed by atoms with Crippen molar-refractivity contribution >= 4 is 0 Å². The largest absolute Gasteiger partial charge is 0.468 e. The second kappa shape index (κ2) is 5.75. The zero-order valence-corrected chi connectivity index (χ0v) is 11.4. The van der Waals surface area contributed by atoms with Crippen molar-refractivity contribution < 1.29 is 4.42 Å². The summed E-state index contributed by atoms with van der Waals surface area (Å²) in [5.74, 6) is 0.945. The van der Waals surface area contributed by atoms with Crippen LogP contribution in [0.3, 0.4) is 0 Å². The molecule has 4 nitrogen and oxygen atoms in total. The van der Waals surface area contributed by atoms with Gasteiger partial charge >= 0.3 is 0 Å². The molecule has 0 spiro atoms. The van der Waals surface area contributed by atoms with E-state index in [-0.39, 0.29) is 6.04 Å². The van der Waals surface area contributed by atoms with Gasteiger partial charge in [0.1, 0.15) is 5.76 Å². The molecule has 0 saturated carbocycles. The van der Waals surface area contributed by atoms with Crippen molar-refractivity contribution in [2.24, 2.45) is 0 Å². The summed E-state index contributed by atoms with van der Waals surface area (Å²) in [5, 5.41) is 7.80. The quantitative estimate of drug-likeness (QED) is 0.771. The molecule has 0 aliphatic rings. The maximum atomic E-state index is 5.37. The lowest BCUT2D eigenvalue weighted by Gasteiger charge is -2.09. The number of rotatable bonds is 5. The molecule has 1 N–H and O–H groups in total. The molecule has 0 aliphatic heterocycles. The van der Waals surface area contributed by atoms with E-state index in [0.717, 1.165) is 23.6 Å². The van der Waals surface area contributed by atoms with Crippen molar-refractivity contribution in [1.82, 2.24) is 15.1 Å². The maximum absolute atomic E-state index is 5.37. The lowest BCUT2D eigenvalue weighted by atomic mass is 10.2. The highest BCUT2D eigenvalue weighted by Crippen LogP contribution is 2.13. The van der Waals surface area contributed by atoms with Gasteiger partial charge in [-0.05, 0) is 31.2 Å². The molecule has 1 aromatic carbocycles. The van der Waals surface area contributed by atoms with Crippen LogP contribution in [0.5, 0.6) is 0 Å². The Morgan fingerprint density at radius 3 is 2.80 bits per heavy atom. The van der Waals surface area contributed by atoms with Gasteiger partial charge in [-0.15, -0.1) is 0 Å². The lowest BCUT2D eigenvalue weighted by Crippen LogP contribution is -2.17. The van der Waals surface area contributed by atoms with Crippen LogP contribution in [-0.2, 0) is 6.54 Å². The fourth-order valence-corrected chi connectivity index (χ4v) is 2.08. The Morgan fingerprint density at radius 1 is 1.20 bits per heavy atom. The molecule has 0 fully saturated rings. The molecule has 0 unspecified atom stereocenters. The summed E-state index contributed by atoms with van der Waals surface area (Å²) >= 11 is 0. The Balaban J connectivity index is 1.63. The summed E-state index contributed by atoms with van der Waals surface area (Å²) in [6, 6.07) is 14.2. The highest BCUT2D eigenvalue weighted by Gasteiger charge is 2.08. The minimum Gasteiger partial charge on any atom is -0.468 e. The van der Waals surface area contributed by atoms with E-state index >= 15 is 0 Å². The van der Waals surface area contributed by atoms with Crippen LogP contribution in [0.4, 0.5) is 0 Å². The van der Waals surface area contributed by atoms with Gasteiger partial charge in [0.25, 0.3) is 0 Å². The number of hydrogen-bond donors (Lipinski definition) is 1. The molecular formula is C16H17N3O. The first-order valence-electron chi connectivity index (χ1n) is 6.69. The number of furan rings is 1. The van der Waals surface area contributed by atoms with E-state index in [2.05, 4.69) is 17.3 Å². The molecule has 102 valence electrons. The fraction of sp³-hybridized carbons (Fsp3) is 0.188. The Morgan fingerprint density at radius 2 is 2.05 bits per heavy atom. The second-order valence-electron chi connectivity index (χ2n) is 4.75. The molecule has 2 aromatic heterocycles. The van der Waals surface area contributed by atoms with E-state index in [9.17, 15) is 0 Å². The molecule has 0 saturated heterocycles. The normalized spacial score (nSPS) is 12.4. The Labute approximate surface area is 118 Å². The van der Waals surface area contributed by atoms with Gasteiger partial charge in [-0.1, -0.05) is 18.2 Å². The van der Waals surface area contributed by atoms with Crippen LogP contribution in [0.15, 0.2) is 65.5 Å². The lowest BCUT2D eigenvalue weighted by molar-refractivity contribution is 0.430. The van der Waals surface area contributed by atoms with Crippen LogP contribution in [0.2, 0.25) is 0 Å². The number of aromatic nitrogens is 2. The van der Waals surface area contributed by atoms with Gasteiger partial charge < -0.3 is 9.73 Å². The minimum atomic E-state index is 0.185. The molecule has 1 atom stereocenters. The van der Waals surface area contributed by atoms with Crippen LogP contribution in [0.25, 0.3) is 5.69 Å². The summed E-state index contributed by atoms with van der Waals surface area (Å²) in [6.45, 7) is 2.84. The van der Waals surface area contributed by atoms with Crippen molar-refractivity contribution in [1.29, 1.82) is 0 Å². The molecule has 20 heavy (non-hydrogen) atoms. The summed E-state index contributed by atoms with van der Waals surface area (Å²) in [5.41, 5.74) is 2.21. The van der Waals surface area contributed by atoms with Crippen molar-refractivity contribution in [3.63, 3.8) is 0 Å². The topological polar surface area (TPSA) is 43.0 Å². The highest BCUT2D eigenvalue weighted by molar-refractivity contribution is 5.30. The molecule has 3 rings (SSSR count). The SMILES string of the molecule is C[C@H](NCc1cnn(-c2ccccc2)c1)c1ccco1. The van der Waals surface area contributed by atoms with E-state index in [1.54, 1.807) is 6.26 Å². The molecule has 4 heteroatoms. The predicted molar refractivity (Wildman–Crippen MR) is 77.5 cm³/mol. The minimum absolute atomic E-state index is 0.185. The van der Waals surface area contributed by atoms with Gasteiger partial charge in [-0.3, -0.25) is 0 Å². The first-order chi connectivity index (χ1) is 9.83. The molecule has 3 aromatic rings. The second-order valence-corrected chi connectivity index (χ2v) is 4.75. The Kier molecular flexibility index (Phi) is 3.65. The summed E-state index contributed by atoms with van der Waals surface area (Å²) < 4.78 is 7.26. The average Bonchev–Trinajstić information content (AvgIpc) is 3.17. The monoisotopic (exact) mass is 267 g/mol. The van der Waals surface area contributed by atoms with Gasteiger partial charge in [0, 0.05) is 18.3 Å². The van der Waals surface area contributed by atoms with Gasteiger partial charge in [0.15, 0.2) is 0 Å². The zero-order chi connectivity index (χ0) is 13.8. The summed E-state index contributed by atoms with van der Waals surface area (Å²) in [6.07, 6.45) is 5.62. The first-order valence-corrected chi connectivity index (χ1v) is 6.69. The molecule has 2 heterocycles. The zero-order valence-electron chi connectivity index (χ0n) is 11.4. The van der Waals surface area contributed by atoms with Crippen LogP contribution >= 0.6 is 0 Å². The van der Waals surface area contributed by atoms with Crippen LogP contribution in [0, 0.1) is 0 Å². The third-order valence-electron chi connectivity index (χ3n) is 3.24. The van der Waals surface area contributed by atoms with Crippen molar-refractivity contribution in [3.05, 3.63) is 72.4 Å². The van der Waals surface area contributed by atoms with Crippen LogP contribution in [0.1, 0.15) is 24.3 Å². The molecule has 0 amide bonds. The van der Waals surface area contributed by atoms with E-state index in [0.29, 0.717) is 0 Å². The third-order valence-corrected chi connectivity index (χ3v) is 3.24. The number of benzene rings is 1. The van der Waals surface area contributed by atoms with Crippen LogP contribution in [-0.4, -0.2) is 9.78 Å². The average molecular weight is 267 g/mol. The first kappa shape index (κ1) is 12.7. The maximum Gasteiger partial charge on any atom is 0.120 e. The number of para-hydroxylation sites is 1. The predicted octanol–water partition coefficient (Wildman–Crippen LogP) is 3.32. The third kappa shape index (κ3) is 2.81. The van der Waals surface area contributed by atoms with Crippen molar-refractivity contribution in [2.75, 3.05) is 0 Å². The van der Waals surface area contributed by atoms with Crippen molar-refractivity contribution in [3.8, 4) is 5.69 Å². The van der Waals surface area contributed by atoms with E-state index in [4.69, 9.17) is 4.42 Å². The molecule has 0 bridgehead atoms. The van der Waals surface area contributed by atoms with Gasteiger partial charge in [-0.2, -0.15) is 5.10 Å². The van der Waals surface area contributed by atoms with Gasteiger partial charge in [-0.25, -0.2) is 4.68 Å². The van der Waals surface area contributed by atoms with Crippen molar-refractivity contribution in [2.45, 2.75) is 19.5 Å². The highest BCUT2D eigenvalue weighted by atomic mass is 16.3. The van der Waals surface area contributed by atoms with Crippen LogP contribution < -0.4 is 5.32 Å². The van der Waals surface area contributed by atoms with E-state index < -0.39 is 0 Å². The molecule has 0 radical (unpaired) electrons. The van der Waals surface area contributed by atoms with E-state index in [1.807, 2.05) is 59.5 Å². The fourth-order valence-electron chi connectivity index (χ4n) is 2.08. The Hall–Kier alpha value is -2.33. The Bertz CT molecular complexity index is 643. The molecular weight excluding hydrogens is 250 g/mol. The van der Waals surface area contributed by atoms with Gasteiger partial charge in [0.05, 0.1) is 24.2 Å². The standard InChI is InChI=1S/C16H17N3O/c1-13(16-8-5-9-20-16)17-10-14-11-18-19(12-14)15-6-3-2-4-7-15/h2-9,11-13,17H,10H2,1H3/t13-/m0/s1. The number of hydrogen-bond acceptors (Lipinski definition) is 3. The summed E-state index contributed by atoms with van der Waals surface area (Å²) in [7, 11) is 0. The number of nitrogens with zero attached hydrogens (tertiary/aromatic N) is 2. The smallest absolute Gasteiger partial charge is 0.120 e. The summed E-state index contributed by atoms with van der Waals surface area (Å²) in [4.78, 5) is 0.